The van der Waals surface area contributed by atoms with Crippen molar-refractivity contribution < 1.29 is 9.59 Å². The minimum atomic E-state index is -0.420. The van der Waals surface area contributed by atoms with Crippen molar-refractivity contribution in [3.05, 3.63) is 38.7 Å². The third-order valence-corrected chi connectivity index (χ3v) is 6.74. The molecule has 2 fully saturated rings. The number of aryl methyl sites for hydroxylation is 1. The molecule has 2 amide bonds. The van der Waals surface area contributed by atoms with Gasteiger partial charge in [0.2, 0.25) is 11.8 Å². The van der Waals surface area contributed by atoms with Gasteiger partial charge in [-0.05, 0) is 44.2 Å². The van der Waals surface area contributed by atoms with Crippen molar-refractivity contribution >= 4 is 22.8 Å². The zero-order chi connectivity index (χ0) is 22.3. The summed E-state index contributed by atoms with van der Waals surface area (Å²) in [6, 6.07) is 3.35. The Morgan fingerprint density at radius 2 is 1.68 bits per heavy atom. The molecule has 0 spiro atoms. The monoisotopic (exact) mass is 427 g/mol. The highest BCUT2D eigenvalue weighted by molar-refractivity contribution is 5.80. The van der Waals surface area contributed by atoms with Crippen molar-refractivity contribution in [1.29, 1.82) is 0 Å². The van der Waals surface area contributed by atoms with E-state index < -0.39 is 5.69 Å². The van der Waals surface area contributed by atoms with Crippen LogP contribution in [0.2, 0.25) is 0 Å². The van der Waals surface area contributed by atoms with E-state index >= 15 is 0 Å². The van der Waals surface area contributed by atoms with Gasteiger partial charge in [0.15, 0.2) is 0 Å². The number of carbonyl (C=O) groups excluding carboxylic acids is 2. The molecule has 31 heavy (non-hydrogen) atoms. The highest BCUT2D eigenvalue weighted by atomic mass is 16.2. The van der Waals surface area contributed by atoms with E-state index in [4.69, 9.17) is 0 Å². The first-order valence-electron chi connectivity index (χ1n) is 10.9. The number of nitrogens with zero attached hydrogens (tertiary/aromatic N) is 5. The molecule has 2 aromatic rings. The molecule has 2 aliphatic rings. The third-order valence-electron chi connectivity index (χ3n) is 6.74. The summed E-state index contributed by atoms with van der Waals surface area (Å²) >= 11 is 0. The maximum Gasteiger partial charge on any atom is 0.332 e. The summed E-state index contributed by atoms with van der Waals surface area (Å²) in [5.41, 5.74) is 0.269. The molecule has 4 rings (SSSR count). The fraction of sp³-hybridized carbons (Fsp3) is 0.591. The summed E-state index contributed by atoms with van der Waals surface area (Å²) in [7, 11) is 3.06. The van der Waals surface area contributed by atoms with Crippen molar-refractivity contribution in [2.24, 2.45) is 20.0 Å². The standard InChI is InChI=1S/C22H29N5O4/c1-14(28)26-12-9-15(10-13-26)20(29)27-11-5-4-6-18(27)17-8-7-16-19(23-17)24(2)22(31)25(3)21(16)30/h7-8,15,18H,4-6,9-13H2,1-3H3. The van der Waals surface area contributed by atoms with Gasteiger partial charge >= 0.3 is 5.69 Å². The number of carbonyl (C=O) groups is 2. The Kier molecular flexibility index (Phi) is 5.68. The highest BCUT2D eigenvalue weighted by Crippen LogP contribution is 2.33. The molecule has 0 bridgehead atoms. The van der Waals surface area contributed by atoms with Crippen molar-refractivity contribution in [2.75, 3.05) is 19.6 Å². The number of aromatic nitrogens is 3. The van der Waals surface area contributed by atoms with Gasteiger partial charge in [-0.3, -0.25) is 23.5 Å². The van der Waals surface area contributed by atoms with Crippen molar-refractivity contribution in [1.82, 2.24) is 23.9 Å². The molecule has 4 heterocycles. The fourth-order valence-electron chi connectivity index (χ4n) is 4.83. The van der Waals surface area contributed by atoms with Crippen LogP contribution in [0.1, 0.15) is 50.8 Å². The van der Waals surface area contributed by atoms with Crippen molar-refractivity contribution in [3.8, 4) is 0 Å². The van der Waals surface area contributed by atoms with Crippen LogP contribution in [0.25, 0.3) is 11.0 Å². The van der Waals surface area contributed by atoms with E-state index in [9.17, 15) is 19.2 Å². The molecule has 0 N–H and O–H groups in total. The van der Waals surface area contributed by atoms with Crippen LogP contribution in [-0.2, 0) is 23.7 Å². The first-order chi connectivity index (χ1) is 14.8. The number of hydrogen-bond donors (Lipinski definition) is 0. The second-order valence-electron chi connectivity index (χ2n) is 8.64. The molecule has 2 saturated heterocycles. The Labute approximate surface area is 180 Å². The lowest BCUT2D eigenvalue weighted by molar-refractivity contribution is -0.143. The zero-order valence-corrected chi connectivity index (χ0v) is 18.3. The van der Waals surface area contributed by atoms with Gasteiger partial charge in [0.1, 0.15) is 5.65 Å². The average Bonchev–Trinajstić information content (AvgIpc) is 2.80. The molecule has 166 valence electrons. The van der Waals surface area contributed by atoms with E-state index in [1.807, 2.05) is 11.0 Å². The van der Waals surface area contributed by atoms with Gasteiger partial charge in [-0.2, -0.15) is 0 Å². The normalized spacial score (nSPS) is 20.3. The highest BCUT2D eigenvalue weighted by Gasteiger charge is 2.35. The SMILES string of the molecule is CC(=O)N1CCC(C(=O)N2CCCCC2c2ccc3c(=O)n(C)c(=O)n(C)c3n2)CC1. The molecule has 9 heteroatoms. The maximum absolute atomic E-state index is 13.4. The summed E-state index contributed by atoms with van der Waals surface area (Å²) in [6.45, 7) is 3.47. The van der Waals surface area contributed by atoms with Crippen LogP contribution < -0.4 is 11.2 Å². The van der Waals surface area contributed by atoms with Gasteiger partial charge in [0.05, 0.1) is 17.1 Å². The first kappa shape index (κ1) is 21.3. The van der Waals surface area contributed by atoms with Gasteiger partial charge in [-0.25, -0.2) is 9.78 Å². The lowest BCUT2D eigenvalue weighted by atomic mass is 9.91. The van der Waals surface area contributed by atoms with Gasteiger partial charge in [-0.1, -0.05) is 0 Å². The average molecular weight is 428 g/mol. The molecule has 0 radical (unpaired) electrons. The van der Waals surface area contributed by atoms with E-state index in [2.05, 4.69) is 4.98 Å². The molecule has 0 saturated carbocycles. The minimum Gasteiger partial charge on any atom is -0.343 e. The van der Waals surface area contributed by atoms with E-state index in [0.29, 0.717) is 49.2 Å². The van der Waals surface area contributed by atoms with E-state index in [1.54, 1.807) is 24.9 Å². The molecular formula is C22H29N5O4. The largest absolute Gasteiger partial charge is 0.343 e. The van der Waals surface area contributed by atoms with Crippen LogP contribution in [0.3, 0.4) is 0 Å². The molecular weight excluding hydrogens is 398 g/mol. The summed E-state index contributed by atoms with van der Waals surface area (Å²) in [4.78, 5) is 58.2. The summed E-state index contributed by atoms with van der Waals surface area (Å²) in [6.07, 6.45) is 4.09. The zero-order valence-electron chi connectivity index (χ0n) is 18.3. The smallest absolute Gasteiger partial charge is 0.332 e. The number of rotatable bonds is 2. The van der Waals surface area contributed by atoms with Crippen LogP contribution in [0, 0.1) is 5.92 Å². The number of piperidine rings is 2. The molecule has 9 nitrogen and oxygen atoms in total. The topological polar surface area (TPSA) is 97.5 Å². The summed E-state index contributed by atoms with van der Waals surface area (Å²) in [5, 5.41) is 0.388. The van der Waals surface area contributed by atoms with Gasteiger partial charge in [-0.15, -0.1) is 0 Å². The minimum absolute atomic E-state index is 0.0545. The maximum atomic E-state index is 13.4. The van der Waals surface area contributed by atoms with E-state index in [1.165, 1.54) is 11.6 Å². The number of fused-ring (bicyclic) bond motifs is 1. The van der Waals surface area contributed by atoms with Crippen LogP contribution in [0.15, 0.2) is 21.7 Å². The lowest BCUT2D eigenvalue weighted by Gasteiger charge is -2.39. The molecule has 2 aromatic heterocycles. The van der Waals surface area contributed by atoms with Crippen LogP contribution in [0.5, 0.6) is 0 Å². The van der Waals surface area contributed by atoms with Crippen LogP contribution in [0.4, 0.5) is 0 Å². The number of hydrogen-bond acceptors (Lipinski definition) is 5. The predicted octanol–water partition coefficient (Wildman–Crippen LogP) is 0.944. The number of pyridine rings is 1. The Balaban J connectivity index is 1.64. The molecule has 2 aliphatic heterocycles. The summed E-state index contributed by atoms with van der Waals surface area (Å²) in [5.74, 6) is 0.0832. The number of amides is 2. The van der Waals surface area contributed by atoms with E-state index in [-0.39, 0.29) is 29.3 Å². The van der Waals surface area contributed by atoms with Gasteiger partial charge < -0.3 is 9.80 Å². The van der Waals surface area contributed by atoms with Gasteiger partial charge in [0, 0.05) is 46.6 Å². The predicted molar refractivity (Wildman–Crippen MR) is 116 cm³/mol. The van der Waals surface area contributed by atoms with Crippen molar-refractivity contribution in [2.45, 2.75) is 45.1 Å². The Bertz CT molecular complexity index is 1140. The fourth-order valence-corrected chi connectivity index (χ4v) is 4.83. The second-order valence-corrected chi connectivity index (χ2v) is 8.64. The molecule has 0 aromatic carbocycles. The van der Waals surface area contributed by atoms with Crippen molar-refractivity contribution in [3.63, 3.8) is 0 Å². The quantitative estimate of drug-likeness (QED) is 0.711. The summed E-state index contributed by atoms with van der Waals surface area (Å²) < 4.78 is 2.46. The number of likely N-dealkylation sites (tertiary alicyclic amines) is 2. The molecule has 1 unspecified atom stereocenters. The lowest BCUT2D eigenvalue weighted by Crippen LogP contribution is -2.46. The van der Waals surface area contributed by atoms with E-state index in [0.717, 1.165) is 23.8 Å². The molecule has 1 atom stereocenters. The second kappa shape index (κ2) is 8.28. The first-order valence-corrected chi connectivity index (χ1v) is 10.9. The third kappa shape index (κ3) is 3.77. The molecule has 0 aliphatic carbocycles. The van der Waals surface area contributed by atoms with Crippen LogP contribution in [-0.4, -0.2) is 55.4 Å². The Morgan fingerprint density at radius 1 is 0.968 bits per heavy atom. The Morgan fingerprint density at radius 3 is 2.35 bits per heavy atom. The Hall–Kier alpha value is -2.97. The van der Waals surface area contributed by atoms with Crippen LogP contribution >= 0.6 is 0 Å². The van der Waals surface area contributed by atoms with Gasteiger partial charge in [0.25, 0.3) is 5.56 Å².